The van der Waals surface area contributed by atoms with Gasteiger partial charge in [-0.3, -0.25) is 0 Å². The molecule has 0 aromatic heterocycles. The van der Waals surface area contributed by atoms with Crippen molar-refractivity contribution in [3.63, 3.8) is 0 Å². The van der Waals surface area contributed by atoms with Crippen molar-refractivity contribution < 1.29 is 0 Å². The third-order valence-corrected chi connectivity index (χ3v) is 4.80. The summed E-state index contributed by atoms with van der Waals surface area (Å²) in [5.74, 6) is 3.60. The lowest BCUT2D eigenvalue weighted by molar-refractivity contribution is 0.405. The molecule has 0 heterocycles. The standard InChI is InChI=1S/C23H25Cl/c1-4-7-22(17-19-10-8-18(5-2)9-11-19)21(6-3)16-20-12-14-23(24)15-13-20/h3-4,8-15,21-22H,1,5,7,16-17H2,2H3. The van der Waals surface area contributed by atoms with Gasteiger partial charge in [0.05, 0.1) is 0 Å². The van der Waals surface area contributed by atoms with E-state index in [1.807, 2.05) is 18.2 Å². The van der Waals surface area contributed by atoms with Gasteiger partial charge in [-0.25, -0.2) is 0 Å². The van der Waals surface area contributed by atoms with Crippen molar-refractivity contribution in [3.8, 4) is 12.3 Å². The van der Waals surface area contributed by atoms with E-state index >= 15 is 0 Å². The van der Waals surface area contributed by atoms with Crippen molar-refractivity contribution in [1.29, 1.82) is 0 Å². The summed E-state index contributed by atoms with van der Waals surface area (Å²) in [6, 6.07) is 16.9. The molecule has 2 rings (SSSR count). The lowest BCUT2D eigenvalue weighted by Gasteiger charge is -2.22. The normalized spacial score (nSPS) is 13.0. The van der Waals surface area contributed by atoms with Crippen LogP contribution in [0.4, 0.5) is 0 Å². The number of hydrogen-bond acceptors (Lipinski definition) is 0. The Hall–Kier alpha value is -1.97. The second-order valence-corrected chi connectivity index (χ2v) is 6.70. The molecule has 2 aromatic carbocycles. The summed E-state index contributed by atoms with van der Waals surface area (Å²) in [6.45, 7) is 6.10. The molecule has 0 N–H and O–H groups in total. The van der Waals surface area contributed by atoms with Crippen molar-refractivity contribution in [1.82, 2.24) is 0 Å². The van der Waals surface area contributed by atoms with E-state index in [2.05, 4.69) is 55.8 Å². The Morgan fingerprint density at radius 1 is 1.00 bits per heavy atom. The molecule has 0 saturated carbocycles. The molecular weight excluding hydrogens is 312 g/mol. The first-order chi connectivity index (χ1) is 11.7. The van der Waals surface area contributed by atoms with Crippen molar-refractivity contribution in [2.75, 3.05) is 0 Å². The SMILES string of the molecule is C#CC(Cc1ccc(Cl)cc1)C(CC=C)Cc1ccc(CC)cc1. The van der Waals surface area contributed by atoms with Gasteiger partial charge >= 0.3 is 0 Å². The molecule has 0 spiro atoms. The molecule has 0 aliphatic carbocycles. The zero-order valence-corrected chi connectivity index (χ0v) is 15.1. The molecule has 0 bridgehead atoms. The highest BCUT2D eigenvalue weighted by atomic mass is 35.5. The molecule has 0 nitrogen and oxygen atoms in total. The average molecular weight is 337 g/mol. The van der Waals surface area contributed by atoms with Crippen LogP contribution in [0.1, 0.15) is 30.0 Å². The van der Waals surface area contributed by atoms with Crippen LogP contribution in [0.25, 0.3) is 0 Å². The van der Waals surface area contributed by atoms with Gasteiger partial charge in [0.2, 0.25) is 0 Å². The molecule has 0 aliphatic heterocycles. The number of allylic oxidation sites excluding steroid dienone is 1. The zero-order valence-electron chi connectivity index (χ0n) is 14.3. The van der Waals surface area contributed by atoms with Crippen LogP contribution in [0.5, 0.6) is 0 Å². The van der Waals surface area contributed by atoms with Gasteiger partial charge in [0.15, 0.2) is 0 Å². The highest BCUT2D eigenvalue weighted by Gasteiger charge is 2.19. The third-order valence-electron chi connectivity index (χ3n) is 4.55. The average Bonchev–Trinajstić information content (AvgIpc) is 2.61. The summed E-state index contributed by atoms with van der Waals surface area (Å²) in [7, 11) is 0. The summed E-state index contributed by atoms with van der Waals surface area (Å²) in [6.07, 6.45) is 11.7. The maximum Gasteiger partial charge on any atom is 0.0406 e. The number of aryl methyl sites for hydroxylation is 1. The Morgan fingerprint density at radius 2 is 1.54 bits per heavy atom. The second-order valence-electron chi connectivity index (χ2n) is 6.26. The van der Waals surface area contributed by atoms with E-state index in [9.17, 15) is 0 Å². The minimum absolute atomic E-state index is 0.190. The largest absolute Gasteiger partial charge is 0.120 e. The quantitative estimate of drug-likeness (QED) is 0.402. The lowest BCUT2D eigenvalue weighted by Crippen LogP contribution is -2.18. The number of hydrogen-bond donors (Lipinski definition) is 0. The van der Waals surface area contributed by atoms with E-state index in [0.717, 1.165) is 30.7 Å². The van der Waals surface area contributed by atoms with Crippen LogP contribution in [0, 0.1) is 24.2 Å². The highest BCUT2D eigenvalue weighted by Crippen LogP contribution is 2.25. The minimum Gasteiger partial charge on any atom is -0.120 e. The molecule has 2 aromatic rings. The Balaban J connectivity index is 2.11. The summed E-state index contributed by atoms with van der Waals surface area (Å²) in [5.41, 5.74) is 3.95. The van der Waals surface area contributed by atoms with E-state index < -0.39 is 0 Å². The molecule has 0 saturated heterocycles. The molecule has 2 unspecified atom stereocenters. The van der Waals surface area contributed by atoms with Crippen molar-refractivity contribution >= 4 is 11.6 Å². The van der Waals surface area contributed by atoms with Gasteiger partial charge in [0.1, 0.15) is 0 Å². The first-order valence-electron chi connectivity index (χ1n) is 8.55. The van der Waals surface area contributed by atoms with E-state index in [1.165, 1.54) is 16.7 Å². The van der Waals surface area contributed by atoms with Crippen LogP contribution < -0.4 is 0 Å². The van der Waals surface area contributed by atoms with Gasteiger partial charge in [-0.1, -0.05) is 61.0 Å². The lowest BCUT2D eigenvalue weighted by atomic mass is 9.81. The Labute approximate surface area is 151 Å². The first kappa shape index (κ1) is 18.4. The van der Waals surface area contributed by atoms with Gasteiger partial charge in [-0.05, 0) is 60.4 Å². The highest BCUT2D eigenvalue weighted by molar-refractivity contribution is 6.30. The van der Waals surface area contributed by atoms with Crippen LogP contribution in [0.2, 0.25) is 5.02 Å². The summed E-state index contributed by atoms with van der Waals surface area (Å²) >= 11 is 5.97. The number of rotatable bonds is 8. The molecule has 0 amide bonds. The second kappa shape index (κ2) is 9.36. The van der Waals surface area contributed by atoms with E-state index in [1.54, 1.807) is 0 Å². The fraction of sp³-hybridized carbons (Fsp3) is 0.304. The van der Waals surface area contributed by atoms with Gasteiger partial charge in [-0.15, -0.1) is 18.9 Å². The van der Waals surface area contributed by atoms with Gasteiger partial charge in [0, 0.05) is 10.9 Å². The first-order valence-corrected chi connectivity index (χ1v) is 8.93. The number of halogens is 1. The van der Waals surface area contributed by atoms with Gasteiger partial charge in [0.25, 0.3) is 0 Å². The molecule has 24 heavy (non-hydrogen) atoms. The molecular formula is C23H25Cl. The molecule has 0 aliphatic rings. The summed E-state index contributed by atoms with van der Waals surface area (Å²) < 4.78 is 0. The zero-order chi connectivity index (χ0) is 17.4. The predicted octanol–water partition coefficient (Wildman–Crippen LogP) is 6.13. The molecule has 1 heteroatoms. The van der Waals surface area contributed by atoms with Crippen LogP contribution in [-0.2, 0) is 19.3 Å². The van der Waals surface area contributed by atoms with Crippen molar-refractivity contribution in [2.24, 2.45) is 11.8 Å². The van der Waals surface area contributed by atoms with E-state index in [0.29, 0.717) is 5.92 Å². The third kappa shape index (κ3) is 5.29. The number of benzene rings is 2. The van der Waals surface area contributed by atoms with Crippen LogP contribution in [0.15, 0.2) is 61.2 Å². The Kier molecular flexibility index (Phi) is 7.16. The molecule has 2 atom stereocenters. The minimum atomic E-state index is 0.190. The molecule has 0 radical (unpaired) electrons. The summed E-state index contributed by atoms with van der Waals surface area (Å²) in [4.78, 5) is 0. The summed E-state index contributed by atoms with van der Waals surface area (Å²) in [5, 5.41) is 0.759. The fourth-order valence-corrected chi connectivity index (χ4v) is 3.18. The Bertz CT molecular complexity index is 673. The van der Waals surface area contributed by atoms with Gasteiger partial charge in [-0.2, -0.15) is 0 Å². The van der Waals surface area contributed by atoms with E-state index in [4.69, 9.17) is 18.0 Å². The molecule has 124 valence electrons. The van der Waals surface area contributed by atoms with Gasteiger partial charge < -0.3 is 0 Å². The van der Waals surface area contributed by atoms with E-state index in [-0.39, 0.29) is 5.92 Å². The van der Waals surface area contributed by atoms with Crippen LogP contribution in [-0.4, -0.2) is 0 Å². The smallest absolute Gasteiger partial charge is 0.0406 e. The van der Waals surface area contributed by atoms with Crippen molar-refractivity contribution in [3.05, 3.63) is 82.9 Å². The monoisotopic (exact) mass is 336 g/mol. The maximum atomic E-state index is 5.97. The van der Waals surface area contributed by atoms with Crippen LogP contribution in [0.3, 0.4) is 0 Å². The van der Waals surface area contributed by atoms with Crippen molar-refractivity contribution in [2.45, 2.75) is 32.6 Å². The van der Waals surface area contributed by atoms with Crippen LogP contribution >= 0.6 is 11.6 Å². The fourth-order valence-electron chi connectivity index (χ4n) is 3.05. The number of terminal acetylenes is 1. The molecule has 0 fully saturated rings. The predicted molar refractivity (Wildman–Crippen MR) is 105 cm³/mol. The topological polar surface area (TPSA) is 0 Å². The Morgan fingerprint density at radius 3 is 2.08 bits per heavy atom. The maximum absolute atomic E-state index is 5.97.